The molecule has 1 aliphatic rings. The van der Waals surface area contributed by atoms with E-state index in [9.17, 15) is 9.50 Å². The lowest BCUT2D eigenvalue weighted by atomic mass is 9.88. The third-order valence-corrected chi connectivity index (χ3v) is 4.00. The lowest BCUT2D eigenvalue weighted by Gasteiger charge is -2.32. The van der Waals surface area contributed by atoms with Crippen molar-refractivity contribution < 1.29 is 9.50 Å². The highest BCUT2D eigenvalue weighted by molar-refractivity contribution is 5.26. The molecule has 1 aromatic carbocycles. The molecule has 0 bridgehead atoms. The summed E-state index contributed by atoms with van der Waals surface area (Å²) < 4.78 is 13.0. The van der Waals surface area contributed by atoms with Gasteiger partial charge in [-0.1, -0.05) is 31.9 Å². The van der Waals surface area contributed by atoms with Crippen LogP contribution in [0.1, 0.15) is 44.6 Å². The van der Waals surface area contributed by atoms with Crippen LogP contribution >= 0.6 is 0 Å². The third kappa shape index (κ3) is 2.90. The van der Waals surface area contributed by atoms with E-state index in [1.807, 2.05) is 19.1 Å². The molecule has 0 radical (unpaired) electrons. The Morgan fingerprint density at radius 3 is 2.44 bits per heavy atom. The molecule has 0 aromatic heterocycles. The zero-order valence-electron chi connectivity index (χ0n) is 11.0. The van der Waals surface area contributed by atoms with Crippen LogP contribution in [0.3, 0.4) is 0 Å². The van der Waals surface area contributed by atoms with E-state index in [0.717, 1.165) is 24.8 Å². The van der Waals surface area contributed by atoms with Crippen molar-refractivity contribution in [3.63, 3.8) is 0 Å². The maximum absolute atomic E-state index is 13.0. The SMILES string of the molecule is CC[C@@H](O)CNC1(c2ccc(F)cc2)CCCC1. The van der Waals surface area contributed by atoms with Crippen LogP contribution in [0, 0.1) is 5.82 Å². The van der Waals surface area contributed by atoms with E-state index < -0.39 is 0 Å². The number of aliphatic hydroxyl groups is 1. The molecule has 2 N–H and O–H groups in total. The average Bonchev–Trinajstić information content (AvgIpc) is 2.87. The molecule has 1 aromatic rings. The summed E-state index contributed by atoms with van der Waals surface area (Å²) in [7, 11) is 0. The predicted octanol–water partition coefficient (Wildman–Crippen LogP) is 2.96. The zero-order valence-corrected chi connectivity index (χ0v) is 11.0. The molecule has 1 fully saturated rings. The maximum Gasteiger partial charge on any atom is 0.123 e. The molecule has 2 nitrogen and oxygen atoms in total. The van der Waals surface area contributed by atoms with Gasteiger partial charge < -0.3 is 10.4 Å². The standard InChI is InChI=1S/C15H22FNO/c1-2-14(18)11-17-15(9-3-4-10-15)12-5-7-13(16)8-6-12/h5-8,14,17-18H,2-4,9-11H2,1H3/t14-/m1/s1. The Kier molecular flexibility index (Phi) is 4.36. The van der Waals surface area contributed by atoms with Gasteiger partial charge in [-0.3, -0.25) is 0 Å². The van der Waals surface area contributed by atoms with Crippen LogP contribution in [0.2, 0.25) is 0 Å². The molecule has 0 aliphatic heterocycles. The first kappa shape index (κ1) is 13.5. The summed E-state index contributed by atoms with van der Waals surface area (Å²) in [6, 6.07) is 6.78. The summed E-state index contributed by atoms with van der Waals surface area (Å²) in [5, 5.41) is 13.2. The average molecular weight is 251 g/mol. The second-order valence-corrected chi connectivity index (χ2v) is 5.24. The lowest BCUT2D eigenvalue weighted by molar-refractivity contribution is 0.149. The number of benzene rings is 1. The van der Waals surface area contributed by atoms with Crippen LogP contribution < -0.4 is 5.32 Å². The van der Waals surface area contributed by atoms with Crippen LogP contribution in [-0.4, -0.2) is 17.8 Å². The fourth-order valence-corrected chi connectivity index (χ4v) is 2.77. The topological polar surface area (TPSA) is 32.3 Å². The number of hydrogen-bond donors (Lipinski definition) is 2. The highest BCUT2D eigenvalue weighted by Gasteiger charge is 2.35. The number of aliphatic hydroxyl groups excluding tert-OH is 1. The van der Waals surface area contributed by atoms with Gasteiger partial charge in [0.15, 0.2) is 0 Å². The summed E-state index contributed by atoms with van der Waals surface area (Å²) in [4.78, 5) is 0. The van der Waals surface area contributed by atoms with Crippen molar-refractivity contribution in [2.75, 3.05) is 6.54 Å². The Labute approximate surface area is 108 Å². The minimum Gasteiger partial charge on any atom is -0.392 e. The molecule has 18 heavy (non-hydrogen) atoms. The number of nitrogens with one attached hydrogen (secondary N) is 1. The van der Waals surface area contributed by atoms with Crippen LogP contribution in [0.15, 0.2) is 24.3 Å². The molecular formula is C15H22FNO. The molecule has 2 rings (SSSR count). The number of rotatable bonds is 5. The van der Waals surface area contributed by atoms with Gasteiger partial charge in [0.1, 0.15) is 5.82 Å². The van der Waals surface area contributed by atoms with Crippen molar-refractivity contribution in [1.82, 2.24) is 5.32 Å². The summed E-state index contributed by atoms with van der Waals surface area (Å²) in [6.07, 6.45) is 4.96. The third-order valence-electron chi connectivity index (χ3n) is 4.00. The highest BCUT2D eigenvalue weighted by atomic mass is 19.1. The molecule has 1 atom stereocenters. The van der Waals surface area contributed by atoms with Crippen molar-refractivity contribution in [3.8, 4) is 0 Å². The van der Waals surface area contributed by atoms with Gasteiger partial charge in [-0.2, -0.15) is 0 Å². The number of hydrogen-bond acceptors (Lipinski definition) is 2. The van der Waals surface area contributed by atoms with E-state index in [4.69, 9.17) is 0 Å². The fourth-order valence-electron chi connectivity index (χ4n) is 2.77. The largest absolute Gasteiger partial charge is 0.392 e. The van der Waals surface area contributed by atoms with Gasteiger partial charge in [-0.25, -0.2) is 4.39 Å². The van der Waals surface area contributed by atoms with Gasteiger partial charge in [-0.15, -0.1) is 0 Å². The van der Waals surface area contributed by atoms with E-state index in [2.05, 4.69) is 5.32 Å². The second-order valence-electron chi connectivity index (χ2n) is 5.24. The summed E-state index contributed by atoms with van der Waals surface area (Å²) in [6.45, 7) is 2.58. The normalized spacial score (nSPS) is 19.9. The van der Waals surface area contributed by atoms with E-state index >= 15 is 0 Å². The van der Waals surface area contributed by atoms with Gasteiger partial charge in [0, 0.05) is 12.1 Å². The summed E-state index contributed by atoms with van der Waals surface area (Å²) in [5.41, 5.74) is 1.08. The van der Waals surface area contributed by atoms with E-state index in [-0.39, 0.29) is 17.5 Å². The molecule has 0 amide bonds. The maximum atomic E-state index is 13.0. The smallest absolute Gasteiger partial charge is 0.123 e. The van der Waals surface area contributed by atoms with Gasteiger partial charge in [0.2, 0.25) is 0 Å². The van der Waals surface area contributed by atoms with E-state index in [1.54, 1.807) is 0 Å². The first-order chi connectivity index (χ1) is 8.66. The summed E-state index contributed by atoms with van der Waals surface area (Å²) in [5.74, 6) is -0.194. The van der Waals surface area contributed by atoms with Crippen molar-refractivity contribution in [3.05, 3.63) is 35.6 Å². The van der Waals surface area contributed by atoms with Crippen LogP contribution in [0.5, 0.6) is 0 Å². The zero-order chi connectivity index (χ0) is 13.0. The van der Waals surface area contributed by atoms with Crippen LogP contribution in [0.4, 0.5) is 4.39 Å². The Morgan fingerprint density at radius 2 is 1.89 bits per heavy atom. The summed E-state index contributed by atoms with van der Waals surface area (Å²) >= 11 is 0. The predicted molar refractivity (Wildman–Crippen MR) is 70.8 cm³/mol. The second kappa shape index (κ2) is 5.81. The van der Waals surface area contributed by atoms with Crippen molar-refractivity contribution in [2.45, 2.75) is 50.7 Å². The Balaban J connectivity index is 2.13. The molecule has 3 heteroatoms. The van der Waals surface area contributed by atoms with Crippen molar-refractivity contribution in [1.29, 1.82) is 0 Å². The van der Waals surface area contributed by atoms with Crippen LogP contribution in [0.25, 0.3) is 0 Å². The Morgan fingerprint density at radius 1 is 1.28 bits per heavy atom. The lowest BCUT2D eigenvalue weighted by Crippen LogP contribution is -2.43. The van der Waals surface area contributed by atoms with Gasteiger partial charge in [0.25, 0.3) is 0 Å². The molecule has 100 valence electrons. The van der Waals surface area contributed by atoms with E-state index in [1.165, 1.54) is 25.0 Å². The molecule has 1 saturated carbocycles. The molecule has 0 unspecified atom stereocenters. The Bertz CT molecular complexity index is 371. The van der Waals surface area contributed by atoms with Gasteiger partial charge >= 0.3 is 0 Å². The first-order valence-corrected chi connectivity index (χ1v) is 6.85. The first-order valence-electron chi connectivity index (χ1n) is 6.85. The fraction of sp³-hybridized carbons (Fsp3) is 0.600. The quantitative estimate of drug-likeness (QED) is 0.843. The highest BCUT2D eigenvalue weighted by Crippen LogP contribution is 2.38. The van der Waals surface area contributed by atoms with E-state index in [0.29, 0.717) is 6.54 Å². The Hall–Kier alpha value is -0.930. The molecule has 0 heterocycles. The minimum atomic E-state index is -0.303. The monoisotopic (exact) mass is 251 g/mol. The molecule has 1 aliphatic carbocycles. The molecule has 0 saturated heterocycles. The molecular weight excluding hydrogens is 229 g/mol. The van der Waals surface area contributed by atoms with Crippen molar-refractivity contribution in [2.24, 2.45) is 0 Å². The van der Waals surface area contributed by atoms with Crippen molar-refractivity contribution >= 4 is 0 Å². The van der Waals surface area contributed by atoms with Gasteiger partial charge in [-0.05, 0) is 37.0 Å². The molecule has 0 spiro atoms. The minimum absolute atomic E-state index is 0.0656. The number of halogens is 1. The van der Waals surface area contributed by atoms with Gasteiger partial charge in [0.05, 0.1) is 6.10 Å². The van der Waals surface area contributed by atoms with Crippen LogP contribution in [-0.2, 0) is 5.54 Å².